The van der Waals surface area contributed by atoms with E-state index in [0.29, 0.717) is 35.1 Å². The summed E-state index contributed by atoms with van der Waals surface area (Å²) in [4.78, 5) is 41.5. The quantitative estimate of drug-likeness (QED) is 0.524. The number of para-hydroxylation sites is 1. The molecule has 6 nitrogen and oxygen atoms in total. The molecular formula is C27H25NO5S. The summed E-state index contributed by atoms with van der Waals surface area (Å²) in [5.74, 6) is -1.41. The molecule has 2 unspecified atom stereocenters. The number of benzene rings is 1. The summed E-state index contributed by atoms with van der Waals surface area (Å²) < 4.78 is 11.3. The van der Waals surface area contributed by atoms with Crippen LogP contribution in [0.5, 0.6) is 0 Å². The summed E-state index contributed by atoms with van der Waals surface area (Å²) in [7, 11) is 0. The van der Waals surface area contributed by atoms with Crippen LogP contribution >= 0.6 is 11.3 Å². The number of rotatable bonds is 4. The molecule has 1 aromatic carbocycles. The summed E-state index contributed by atoms with van der Waals surface area (Å²) in [5, 5.41) is 5.73. The molecule has 0 saturated heterocycles. The van der Waals surface area contributed by atoms with Gasteiger partial charge in [-0.05, 0) is 50.8 Å². The van der Waals surface area contributed by atoms with Crippen molar-refractivity contribution in [1.29, 1.82) is 0 Å². The number of hydrogen-bond donors (Lipinski definition) is 1. The van der Waals surface area contributed by atoms with E-state index in [0.717, 1.165) is 10.6 Å². The average Bonchev–Trinajstić information content (AvgIpc) is 3.33. The molecule has 0 fully saturated rings. The zero-order valence-electron chi connectivity index (χ0n) is 19.2. The summed E-state index contributed by atoms with van der Waals surface area (Å²) >= 11 is 1.63. The Kier molecular flexibility index (Phi) is 5.73. The van der Waals surface area contributed by atoms with Gasteiger partial charge in [-0.25, -0.2) is 4.79 Å². The molecule has 2 aromatic heterocycles. The predicted octanol–water partition coefficient (Wildman–Crippen LogP) is 5.17. The SMILES string of the molecule is CC1=C(C(=O)OC(C)C)C(c2coc3ccccc3c2=O)C2=C(CC(c3cccs3)CC2=O)N1. The van der Waals surface area contributed by atoms with Crippen molar-refractivity contribution in [3.63, 3.8) is 0 Å². The fraction of sp³-hybridized carbons (Fsp3) is 0.296. The molecule has 7 heteroatoms. The van der Waals surface area contributed by atoms with E-state index in [9.17, 15) is 14.4 Å². The molecule has 5 rings (SSSR count). The average molecular weight is 476 g/mol. The second-order valence-electron chi connectivity index (χ2n) is 9.00. The molecule has 34 heavy (non-hydrogen) atoms. The van der Waals surface area contributed by atoms with Crippen LogP contribution in [-0.4, -0.2) is 17.9 Å². The van der Waals surface area contributed by atoms with Gasteiger partial charge in [-0.1, -0.05) is 18.2 Å². The summed E-state index contributed by atoms with van der Waals surface area (Å²) in [6, 6.07) is 11.0. The van der Waals surface area contributed by atoms with Crippen molar-refractivity contribution in [2.45, 2.75) is 51.6 Å². The van der Waals surface area contributed by atoms with E-state index < -0.39 is 11.9 Å². The Hall–Kier alpha value is -3.45. The van der Waals surface area contributed by atoms with Crippen molar-refractivity contribution in [3.05, 3.63) is 91.2 Å². The van der Waals surface area contributed by atoms with Crippen molar-refractivity contribution in [2.24, 2.45) is 0 Å². The molecule has 1 aliphatic heterocycles. The van der Waals surface area contributed by atoms with E-state index in [1.54, 1.807) is 56.4 Å². The van der Waals surface area contributed by atoms with Crippen LogP contribution in [0.2, 0.25) is 0 Å². The van der Waals surface area contributed by atoms with Crippen molar-refractivity contribution < 1.29 is 18.7 Å². The summed E-state index contributed by atoms with van der Waals surface area (Å²) in [5.41, 5.74) is 2.54. The second-order valence-corrected chi connectivity index (χ2v) is 9.98. The van der Waals surface area contributed by atoms with Crippen LogP contribution in [0.4, 0.5) is 0 Å². The molecule has 2 atom stereocenters. The smallest absolute Gasteiger partial charge is 0.337 e. The molecule has 2 aliphatic rings. The Labute approximate surface area is 200 Å². The van der Waals surface area contributed by atoms with Crippen LogP contribution in [0, 0.1) is 0 Å². The van der Waals surface area contributed by atoms with Gasteiger partial charge in [0.2, 0.25) is 0 Å². The number of fused-ring (bicyclic) bond motifs is 1. The van der Waals surface area contributed by atoms with E-state index in [1.807, 2.05) is 17.5 Å². The van der Waals surface area contributed by atoms with Gasteiger partial charge in [-0.15, -0.1) is 11.3 Å². The first-order valence-electron chi connectivity index (χ1n) is 11.3. The Balaban J connectivity index is 1.69. The van der Waals surface area contributed by atoms with Crippen LogP contribution in [0.15, 0.2) is 79.8 Å². The lowest BCUT2D eigenvalue weighted by molar-refractivity contribution is -0.143. The maximum absolute atomic E-state index is 13.6. The van der Waals surface area contributed by atoms with Gasteiger partial charge < -0.3 is 14.5 Å². The molecule has 3 aromatic rings. The maximum Gasteiger partial charge on any atom is 0.337 e. The molecule has 0 bridgehead atoms. The number of nitrogens with one attached hydrogen (secondary N) is 1. The van der Waals surface area contributed by atoms with Gasteiger partial charge in [0, 0.05) is 39.7 Å². The second kappa shape index (κ2) is 8.72. The number of esters is 1. The summed E-state index contributed by atoms with van der Waals surface area (Å²) in [6.45, 7) is 5.33. The molecule has 1 aliphatic carbocycles. The number of carbonyl (C=O) groups is 2. The topological polar surface area (TPSA) is 85.6 Å². The fourth-order valence-corrected chi connectivity index (χ4v) is 5.75. The van der Waals surface area contributed by atoms with Gasteiger partial charge in [0.25, 0.3) is 0 Å². The van der Waals surface area contributed by atoms with Gasteiger partial charge in [0.05, 0.1) is 29.2 Å². The van der Waals surface area contributed by atoms with Gasteiger partial charge in [0.1, 0.15) is 5.58 Å². The number of hydrogen-bond acceptors (Lipinski definition) is 7. The van der Waals surface area contributed by atoms with Gasteiger partial charge >= 0.3 is 5.97 Å². The zero-order chi connectivity index (χ0) is 24.0. The minimum atomic E-state index is -0.847. The number of ether oxygens (including phenoxy) is 1. The Morgan fingerprint density at radius 1 is 1.15 bits per heavy atom. The Morgan fingerprint density at radius 2 is 1.94 bits per heavy atom. The number of dihydropyridines is 1. The molecule has 3 heterocycles. The van der Waals surface area contributed by atoms with E-state index in [1.165, 1.54) is 6.26 Å². The third kappa shape index (κ3) is 3.80. The maximum atomic E-state index is 13.6. The largest absolute Gasteiger partial charge is 0.464 e. The normalized spacial score (nSPS) is 20.5. The Bertz CT molecular complexity index is 1410. The number of carbonyl (C=O) groups excluding carboxylic acids is 2. The van der Waals surface area contributed by atoms with Gasteiger partial charge in [-0.3, -0.25) is 9.59 Å². The highest BCUT2D eigenvalue weighted by molar-refractivity contribution is 7.10. The molecule has 0 saturated carbocycles. The van der Waals surface area contributed by atoms with Gasteiger partial charge in [0.15, 0.2) is 11.2 Å². The zero-order valence-corrected chi connectivity index (χ0v) is 20.0. The van der Waals surface area contributed by atoms with Crippen molar-refractivity contribution >= 4 is 34.1 Å². The van der Waals surface area contributed by atoms with Crippen LogP contribution in [0.3, 0.4) is 0 Å². The van der Waals surface area contributed by atoms with Crippen molar-refractivity contribution in [3.8, 4) is 0 Å². The lowest BCUT2D eigenvalue weighted by Gasteiger charge is -2.36. The van der Waals surface area contributed by atoms with Crippen LogP contribution in [-0.2, 0) is 14.3 Å². The third-order valence-electron chi connectivity index (χ3n) is 6.35. The standard InChI is InChI=1S/C27H25NO5S/c1-14(2)33-27(31)23-15(3)28-19-11-16(22-9-6-10-34-22)12-20(29)25(19)24(23)18-13-32-21-8-5-4-7-17(21)26(18)30/h4-10,13-14,16,24,28H,11-12H2,1-3H3. The number of thiophene rings is 1. The molecule has 174 valence electrons. The first-order chi connectivity index (χ1) is 16.3. The van der Waals surface area contributed by atoms with E-state index in [2.05, 4.69) is 5.32 Å². The monoisotopic (exact) mass is 475 g/mol. The molecule has 1 N–H and O–H groups in total. The van der Waals surface area contributed by atoms with E-state index in [4.69, 9.17) is 9.15 Å². The predicted molar refractivity (Wildman–Crippen MR) is 131 cm³/mol. The number of Topliss-reactive ketones (excluding diaryl/α,β-unsaturated/α-hetero) is 1. The molecule has 0 radical (unpaired) electrons. The van der Waals surface area contributed by atoms with Gasteiger partial charge in [-0.2, -0.15) is 0 Å². The van der Waals surface area contributed by atoms with Crippen molar-refractivity contribution in [2.75, 3.05) is 0 Å². The van der Waals surface area contributed by atoms with E-state index in [-0.39, 0.29) is 34.4 Å². The van der Waals surface area contributed by atoms with Crippen LogP contribution < -0.4 is 10.7 Å². The van der Waals surface area contributed by atoms with Crippen LogP contribution in [0.1, 0.15) is 55.9 Å². The summed E-state index contributed by atoms with van der Waals surface area (Å²) in [6.07, 6.45) is 1.99. The number of ketones is 1. The lowest BCUT2D eigenvalue weighted by Crippen LogP contribution is -2.37. The Morgan fingerprint density at radius 3 is 2.68 bits per heavy atom. The highest BCUT2D eigenvalue weighted by Gasteiger charge is 2.43. The first kappa shape index (κ1) is 22.3. The minimum absolute atomic E-state index is 0.0596. The molecular weight excluding hydrogens is 450 g/mol. The highest BCUT2D eigenvalue weighted by atomic mass is 32.1. The molecule has 0 spiro atoms. The highest BCUT2D eigenvalue weighted by Crippen LogP contribution is 2.46. The van der Waals surface area contributed by atoms with E-state index >= 15 is 0 Å². The van der Waals surface area contributed by atoms with Crippen molar-refractivity contribution in [1.82, 2.24) is 5.32 Å². The third-order valence-corrected chi connectivity index (χ3v) is 7.39. The lowest BCUT2D eigenvalue weighted by atomic mass is 9.73. The van der Waals surface area contributed by atoms with Crippen LogP contribution in [0.25, 0.3) is 11.0 Å². The molecule has 0 amide bonds. The number of allylic oxidation sites excluding steroid dienone is 3. The minimum Gasteiger partial charge on any atom is -0.464 e. The fourth-order valence-electron chi connectivity index (χ4n) is 4.92. The first-order valence-corrected chi connectivity index (χ1v) is 12.2.